The first kappa shape index (κ1) is 15.3. The van der Waals surface area contributed by atoms with Crippen molar-refractivity contribution >= 4 is 23.4 Å². The number of ether oxygens (including phenoxy) is 1. The average molecular weight is 303 g/mol. The first-order valence-corrected chi connectivity index (χ1v) is 6.91. The molecule has 0 radical (unpaired) electrons. The molecule has 0 bridgehead atoms. The Hall–Kier alpha value is -2.14. The normalized spacial score (nSPS) is 11.9. The van der Waals surface area contributed by atoms with E-state index < -0.39 is 5.92 Å². The Bertz CT molecular complexity index is 658. The number of benzene rings is 2. The van der Waals surface area contributed by atoms with E-state index in [9.17, 15) is 9.90 Å². The van der Waals surface area contributed by atoms with Crippen LogP contribution in [0, 0.1) is 0 Å². The minimum Gasteiger partial charge on any atom is -0.504 e. The molecule has 2 aromatic rings. The Morgan fingerprint density at radius 1 is 1.29 bits per heavy atom. The molecular weight excluding hydrogens is 286 g/mol. The lowest BCUT2D eigenvalue weighted by molar-refractivity contribution is -0.112. The highest BCUT2D eigenvalue weighted by atomic mass is 32.1. The van der Waals surface area contributed by atoms with Gasteiger partial charge in [-0.15, -0.1) is 12.6 Å². The molecule has 21 heavy (non-hydrogen) atoms. The maximum absolute atomic E-state index is 11.9. The van der Waals surface area contributed by atoms with E-state index in [2.05, 4.69) is 12.6 Å². The Morgan fingerprint density at radius 2 is 2.00 bits per heavy atom. The van der Waals surface area contributed by atoms with Gasteiger partial charge in [-0.05, 0) is 24.1 Å². The first-order chi connectivity index (χ1) is 10.0. The summed E-state index contributed by atoms with van der Waals surface area (Å²) in [7, 11) is 1.46. The number of hydrogen-bond acceptors (Lipinski definition) is 4. The summed E-state index contributed by atoms with van der Waals surface area (Å²) in [5.41, 5.74) is 7.85. The third kappa shape index (κ3) is 3.31. The minimum absolute atomic E-state index is 0.0399. The number of aromatic hydroxyl groups is 1. The van der Waals surface area contributed by atoms with E-state index in [1.165, 1.54) is 7.11 Å². The van der Waals surface area contributed by atoms with Gasteiger partial charge in [-0.3, -0.25) is 4.79 Å². The largest absolute Gasteiger partial charge is 0.504 e. The van der Waals surface area contributed by atoms with Crippen LogP contribution in [0.25, 0.3) is 0 Å². The van der Waals surface area contributed by atoms with Crippen molar-refractivity contribution < 1.29 is 14.6 Å². The molecule has 0 saturated heterocycles. The van der Waals surface area contributed by atoms with Crippen molar-refractivity contribution in [2.75, 3.05) is 12.8 Å². The lowest BCUT2D eigenvalue weighted by Crippen LogP contribution is -2.12. The fourth-order valence-corrected chi connectivity index (χ4v) is 2.49. The molecular formula is C16H17NO3S. The van der Waals surface area contributed by atoms with Crippen LogP contribution in [0.3, 0.4) is 0 Å². The third-order valence-corrected chi connectivity index (χ3v) is 3.71. The molecule has 0 fully saturated rings. The van der Waals surface area contributed by atoms with Crippen LogP contribution < -0.4 is 10.5 Å². The number of hydrogen-bond donors (Lipinski definition) is 3. The standard InChI is InChI=1S/C16H17NO3S/c1-20-14-8-4-6-11(15(14)18)12(16(19)21)9-10-5-2-3-7-13(10)17/h2-8,12,18H,9,17H2,1H3,(H,19,21). The van der Waals surface area contributed by atoms with Gasteiger partial charge in [0.05, 0.1) is 13.0 Å². The van der Waals surface area contributed by atoms with Crippen molar-refractivity contribution in [3.63, 3.8) is 0 Å². The summed E-state index contributed by atoms with van der Waals surface area (Å²) in [4.78, 5) is 11.9. The number of carbonyl (C=O) groups excluding carboxylic acids is 1. The molecule has 0 aromatic heterocycles. The predicted octanol–water partition coefficient (Wildman–Crippen LogP) is 2.77. The summed E-state index contributed by atoms with van der Waals surface area (Å²) >= 11 is 3.95. The van der Waals surface area contributed by atoms with Gasteiger partial charge in [0.2, 0.25) is 0 Å². The van der Waals surface area contributed by atoms with E-state index in [0.29, 0.717) is 23.4 Å². The van der Waals surface area contributed by atoms with Gasteiger partial charge in [-0.2, -0.15) is 0 Å². The number of nitrogens with two attached hydrogens (primary N) is 1. The zero-order valence-corrected chi connectivity index (χ0v) is 12.5. The molecule has 0 saturated carbocycles. The fraction of sp³-hybridized carbons (Fsp3) is 0.188. The lowest BCUT2D eigenvalue weighted by Gasteiger charge is -2.17. The number of nitrogen functional groups attached to an aromatic ring is 1. The van der Waals surface area contributed by atoms with E-state index in [1.807, 2.05) is 18.2 Å². The Kier molecular flexibility index (Phi) is 4.75. The summed E-state index contributed by atoms with van der Waals surface area (Å²) in [6.45, 7) is 0. The average Bonchev–Trinajstić information content (AvgIpc) is 2.47. The van der Waals surface area contributed by atoms with E-state index in [0.717, 1.165) is 5.56 Å². The number of carbonyl (C=O) groups is 1. The summed E-state index contributed by atoms with van der Waals surface area (Å²) in [6, 6.07) is 12.4. The maximum Gasteiger partial charge on any atom is 0.193 e. The molecule has 0 aliphatic rings. The second-order valence-corrected chi connectivity index (χ2v) is 5.13. The summed E-state index contributed by atoms with van der Waals surface area (Å²) in [5.74, 6) is -0.303. The number of thiol groups is 1. The molecule has 0 spiro atoms. The molecule has 3 N–H and O–H groups in total. The van der Waals surface area contributed by atoms with Crippen molar-refractivity contribution in [1.29, 1.82) is 0 Å². The number of para-hydroxylation sites is 2. The van der Waals surface area contributed by atoms with Gasteiger partial charge < -0.3 is 15.6 Å². The number of rotatable bonds is 5. The molecule has 0 aliphatic carbocycles. The molecule has 0 heterocycles. The molecule has 2 aromatic carbocycles. The predicted molar refractivity (Wildman–Crippen MR) is 86.0 cm³/mol. The summed E-state index contributed by atoms with van der Waals surface area (Å²) < 4.78 is 5.08. The molecule has 1 atom stereocenters. The van der Waals surface area contributed by atoms with Crippen LogP contribution in [0.4, 0.5) is 5.69 Å². The molecule has 5 heteroatoms. The van der Waals surface area contributed by atoms with Gasteiger partial charge in [0.15, 0.2) is 16.6 Å². The van der Waals surface area contributed by atoms with E-state index >= 15 is 0 Å². The van der Waals surface area contributed by atoms with Crippen molar-refractivity contribution in [3.8, 4) is 11.5 Å². The van der Waals surface area contributed by atoms with Crippen LogP contribution >= 0.6 is 12.6 Å². The number of phenolic OH excluding ortho intramolecular Hbond substituents is 1. The molecule has 110 valence electrons. The zero-order valence-electron chi connectivity index (χ0n) is 11.6. The van der Waals surface area contributed by atoms with E-state index in [4.69, 9.17) is 10.5 Å². The molecule has 1 unspecified atom stereocenters. The second kappa shape index (κ2) is 6.54. The number of methoxy groups -OCH3 is 1. The van der Waals surface area contributed by atoms with E-state index in [1.54, 1.807) is 24.3 Å². The number of anilines is 1. The van der Waals surface area contributed by atoms with Gasteiger partial charge in [-0.1, -0.05) is 30.3 Å². The Labute approximate surface area is 129 Å². The van der Waals surface area contributed by atoms with Crippen LogP contribution in [0.5, 0.6) is 11.5 Å². The van der Waals surface area contributed by atoms with Crippen LogP contribution in [0.15, 0.2) is 42.5 Å². The maximum atomic E-state index is 11.9. The van der Waals surface area contributed by atoms with Crippen molar-refractivity contribution in [1.82, 2.24) is 0 Å². The van der Waals surface area contributed by atoms with E-state index in [-0.39, 0.29) is 10.9 Å². The van der Waals surface area contributed by atoms with Gasteiger partial charge in [0.25, 0.3) is 0 Å². The van der Waals surface area contributed by atoms with Crippen molar-refractivity contribution in [3.05, 3.63) is 53.6 Å². The van der Waals surface area contributed by atoms with Crippen molar-refractivity contribution in [2.24, 2.45) is 0 Å². The highest BCUT2D eigenvalue weighted by Gasteiger charge is 2.23. The van der Waals surface area contributed by atoms with Gasteiger partial charge in [0, 0.05) is 11.3 Å². The van der Waals surface area contributed by atoms with Gasteiger partial charge >= 0.3 is 0 Å². The summed E-state index contributed by atoms with van der Waals surface area (Å²) in [5, 5.41) is 9.88. The van der Waals surface area contributed by atoms with Crippen LogP contribution in [0.1, 0.15) is 17.0 Å². The molecule has 4 nitrogen and oxygen atoms in total. The molecule has 0 amide bonds. The Morgan fingerprint density at radius 3 is 2.62 bits per heavy atom. The topological polar surface area (TPSA) is 72.5 Å². The SMILES string of the molecule is COc1cccc(C(Cc2ccccc2N)C(=O)S)c1O. The van der Waals surface area contributed by atoms with Crippen LogP contribution in [-0.2, 0) is 11.2 Å². The Balaban J connectivity index is 2.41. The highest BCUT2D eigenvalue weighted by molar-refractivity contribution is 7.96. The second-order valence-electron chi connectivity index (χ2n) is 4.69. The smallest absolute Gasteiger partial charge is 0.193 e. The summed E-state index contributed by atoms with van der Waals surface area (Å²) in [6.07, 6.45) is 0.371. The lowest BCUT2D eigenvalue weighted by atomic mass is 9.91. The zero-order chi connectivity index (χ0) is 15.4. The highest BCUT2D eigenvalue weighted by Crippen LogP contribution is 2.37. The first-order valence-electron chi connectivity index (χ1n) is 6.46. The quantitative estimate of drug-likeness (QED) is 0.586. The minimum atomic E-state index is -0.590. The van der Waals surface area contributed by atoms with Crippen LogP contribution in [0.2, 0.25) is 0 Å². The molecule has 0 aliphatic heterocycles. The number of phenols is 1. The van der Waals surface area contributed by atoms with Crippen molar-refractivity contribution in [2.45, 2.75) is 12.3 Å². The van der Waals surface area contributed by atoms with Crippen LogP contribution in [-0.4, -0.2) is 17.3 Å². The van der Waals surface area contributed by atoms with Gasteiger partial charge in [-0.25, -0.2) is 0 Å². The third-order valence-electron chi connectivity index (χ3n) is 3.40. The fourth-order valence-electron chi connectivity index (χ4n) is 2.26. The molecule has 2 rings (SSSR count). The van der Waals surface area contributed by atoms with Gasteiger partial charge in [0.1, 0.15) is 0 Å². The monoisotopic (exact) mass is 303 g/mol.